The smallest absolute Gasteiger partial charge is 0.306 e. The minimum absolute atomic E-state index is 0.1000. The van der Waals surface area contributed by atoms with Gasteiger partial charge in [0.2, 0.25) is 10.0 Å². The molecule has 0 bridgehead atoms. The fourth-order valence-electron chi connectivity index (χ4n) is 4.66. The first-order chi connectivity index (χ1) is 17.7. The summed E-state index contributed by atoms with van der Waals surface area (Å²) in [6.45, 7) is 6.41. The van der Waals surface area contributed by atoms with E-state index >= 15 is 0 Å². The average molecular weight is 527 g/mol. The van der Waals surface area contributed by atoms with Crippen molar-refractivity contribution in [2.75, 3.05) is 13.2 Å². The van der Waals surface area contributed by atoms with Crippen LogP contribution in [0.25, 0.3) is 0 Å². The molecule has 0 spiro atoms. The van der Waals surface area contributed by atoms with Crippen LogP contribution in [0.15, 0.2) is 53.6 Å². The summed E-state index contributed by atoms with van der Waals surface area (Å²) in [5.74, 6) is 0.0228. The van der Waals surface area contributed by atoms with Gasteiger partial charge in [0.1, 0.15) is 16.7 Å². The maximum atomic E-state index is 13.6. The third-order valence-electron chi connectivity index (χ3n) is 6.72. The quantitative estimate of drug-likeness (QED) is 0.391. The van der Waals surface area contributed by atoms with Gasteiger partial charge < -0.3 is 9.47 Å². The van der Waals surface area contributed by atoms with Crippen molar-refractivity contribution in [3.8, 4) is 5.75 Å². The highest BCUT2D eigenvalue weighted by atomic mass is 32.2. The van der Waals surface area contributed by atoms with Crippen molar-refractivity contribution in [3.05, 3.63) is 71.0 Å². The molecule has 0 saturated heterocycles. The van der Waals surface area contributed by atoms with E-state index in [0.717, 1.165) is 22.4 Å². The Labute approximate surface area is 218 Å². The average Bonchev–Trinajstić information content (AvgIpc) is 3.23. The van der Waals surface area contributed by atoms with E-state index in [1.165, 1.54) is 4.31 Å². The lowest BCUT2D eigenvalue weighted by molar-refractivity contribution is -0.143. The largest absolute Gasteiger partial charge is 0.488 e. The first-order valence-electron chi connectivity index (χ1n) is 12.5. The van der Waals surface area contributed by atoms with Gasteiger partial charge in [-0.2, -0.15) is 4.31 Å². The van der Waals surface area contributed by atoms with E-state index in [0.29, 0.717) is 25.2 Å². The number of esters is 1. The van der Waals surface area contributed by atoms with E-state index in [9.17, 15) is 13.2 Å². The van der Waals surface area contributed by atoms with E-state index in [1.807, 2.05) is 39.1 Å². The number of para-hydroxylation sites is 1. The Balaban J connectivity index is 1.63. The summed E-state index contributed by atoms with van der Waals surface area (Å²) in [5.41, 5.74) is 3.82. The maximum Gasteiger partial charge on any atom is 0.306 e. The fraction of sp³-hybridized carbons (Fsp3) is 0.444. The van der Waals surface area contributed by atoms with Gasteiger partial charge >= 0.3 is 5.97 Å². The topological polar surface area (TPSA) is 104 Å². The molecule has 1 aliphatic heterocycles. The van der Waals surface area contributed by atoms with Gasteiger partial charge in [-0.1, -0.05) is 35.5 Å². The summed E-state index contributed by atoms with van der Waals surface area (Å²) in [5, 5.41) is 7.94. The zero-order valence-corrected chi connectivity index (χ0v) is 22.6. The number of ether oxygens (including phenoxy) is 2. The predicted molar refractivity (Wildman–Crippen MR) is 139 cm³/mol. The molecule has 1 aromatic heterocycles. The Kier molecular flexibility index (Phi) is 8.29. The number of aromatic nitrogens is 3. The Morgan fingerprint density at radius 2 is 2.03 bits per heavy atom. The van der Waals surface area contributed by atoms with Crippen LogP contribution in [-0.4, -0.2) is 52.9 Å². The molecule has 2 heterocycles. The third-order valence-corrected chi connectivity index (χ3v) is 8.57. The molecular formula is C27H34N4O5S. The van der Waals surface area contributed by atoms with Crippen LogP contribution in [0.3, 0.4) is 0 Å². The van der Waals surface area contributed by atoms with Crippen molar-refractivity contribution < 1.29 is 22.7 Å². The van der Waals surface area contributed by atoms with Crippen molar-refractivity contribution in [2.45, 2.75) is 63.5 Å². The molecule has 0 N–H and O–H groups in total. The number of carbonyl (C=O) groups is 1. The van der Waals surface area contributed by atoms with Crippen molar-refractivity contribution in [2.24, 2.45) is 7.05 Å². The van der Waals surface area contributed by atoms with Crippen LogP contribution in [0.2, 0.25) is 0 Å². The molecule has 4 rings (SSSR count). The fourth-order valence-corrected chi connectivity index (χ4v) is 6.28. The number of nitrogens with zero attached hydrogens (tertiary/aromatic N) is 4. The molecule has 37 heavy (non-hydrogen) atoms. The molecular weight excluding hydrogens is 492 g/mol. The molecule has 0 aliphatic carbocycles. The Bertz CT molecular complexity index is 1350. The zero-order chi connectivity index (χ0) is 26.6. The monoisotopic (exact) mass is 526 g/mol. The maximum absolute atomic E-state index is 13.6. The van der Waals surface area contributed by atoms with Crippen LogP contribution >= 0.6 is 0 Å². The molecule has 2 atom stereocenters. The minimum Gasteiger partial charge on any atom is -0.488 e. The second-order valence-electron chi connectivity index (χ2n) is 9.45. The van der Waals surface area contributed by atoms with Crippen LogP contribution in [-0.2, 0) is 39.6 Å². The normalized spacial score (nSPS) is 17.9. The first kappa shape index (κ1) is 26.8. The van der Waals surface area contributed by atoms with Crippen LogP contribution in [0, 0.1) is 6.92 Å². The second-order valence-corrected chi connectivity index (χ2v) is 11.4. The molecule has 0 radical (unpaired) electrons. The lowest BCUT2D eigenvalue weighted by atomic mass is 9.88. The number of carbonyl (C=O) groups excluding carboxylic acids is 1. The van der Waals surface area contributed by atoms with Gasteiger partial charge in [-0.15, -0.1) is 5.10 Å². The molecule has 9 nitrogen and oxygen atoms in total. The number of aryl methyl sites for hydroxylation is 3. The lowest BCUT2D eigenvalue weighted by Crippen LogP contribution is -2.35. The SMILES string of the molecule is CCOC(=O)CC(CCc1cnnn1C)c1ccc(C)c(CN2CC(C)Oc3ccccc3S2(=O)=O)c1. The van der Waals surface area contributed by atoms with Crippen LogP contribution in [0.4, 0.5) is 0 Å². The van der Waals surface area contributed by atoms with E-state index in [4.69, 9.17) is 9.47 Å². The Morgan fingerprint density at radius 3 is 2.76 bits per heavy atom. The van der Waals surface area contributed by atoms with Crippen molar-refractivity contribution in [3.63, 3.8) is 0 Å². The minimum atomic E-state index is -3.75. The highest BCUT2D eigenvalue weighted by Gasteiger charge is 2.33. The Morgan fingerprint density at radius 1 is 1.24 bits per heavy atom. The molecule has 0 fully saturated rings. The molecule has 2 unspecified atom stereocenters. The summed E-state index contributed by atoms with van der Waals surface area (Å²) in [6, 6.07) is 12.8. The van der Waals surface area contributed by atoms with E-state index < -0.39 is 10.0 Å². The van der Waals surface area contributed by atoms with Gasteiger partial charge in [0.25, 0.3) is 0 Å². The lowest BCUT2D eigenvalue weighted by Gasteiger charge is -2.24. The van der Waals surface area contributed by atoms with E-state index in [2.05, 4.69) is 10.3 Å². The van der Waals surface area contributed by atoms with Gasteiger partial charge in [-0.3, -0.25) is 9.48 Å². The van der Waals surface area contributed by atoms with Crippen LogP contribution < -0.4 is 4.74 Å². The van der Waals surface area contributed by atoms with E-state index in [1.54, 1.807) is 42.1 Å². The number of rotatable bonds is 9. The molecule has 198 valence electrons. The summed E-state index contributed by atoms with van der Waals surface area (Å²) in [6.07, 6.45) is 3.06. The van der Waals surface area contributed by atoms with Gasteiger partial charge in [0.05, 0.1) is 31.5 Å². The predicted octanol–water partition coefficient (Wildman–Crippen LogP) is 3.76. The molecule has 0 saturated carbocycles. The third kappa shape index (κ3) is 6.19. The summed E-state index contributed by atoms with van der Waals surface area (Å²) < 4.78 is 41.5. The highest BCUT2D eigenvalue weighted by Crippen LogP contribution is 2.33. The van der Waals surface area contributed by atoms with E-state index in [-0.39, 0.29) is 42.4 Å². The van der Waals surface area contributed by atoms with Crippen LogP contribution in [0.1, 0.15) is 55.0 Å². The second kappa shape index (κ2) is 11.4. The first-order valence-corrected chi connectivity index (χ1v) is 14.0. The summed E-state index contributed by atoms with van der Waals surface area (Å²) in [4.78, 5) is 12.6. The summed E-state index contributed by atoms with van der Waals surface area (Å²) >= 11 is 0. The van der Waals surface area contributed by atoms with Crippen LogP contribution in [0.5, 0.6) is 5.75 Å². The Hall–Kier alpha value is -3.24. The summed E-state index contributed by atoms with van der Waals surface area (Å²) in [7, 11) is -1.91. The number of benzene rings is 2. The van der Waals surface area contributed by atoms with Gasteiger partial charge in [-0.05, 0) is 68.4 Å². The number of hydrogen-bond acceptors (Lipinski definition) is 7. The van der Waals surface area contributed by atoms with Crippen molar-refractivity contribution in [1.29, 1.82) is 0 Å². The molecule has 10 heteroatoms. The van der Waals surface area contributed by atoms with Gasteiger partial charge in [0, 0.05) is 13.6 Å². The van der Waals surface area contributed by atoms with Crippen molar-refractivity contribution >= 4 is 16.0 Å². The molecule has 1 aliphatic rings. The number of fused-ring (bicyclic) bond motifs is 1. The molecule has 0 amide bonds. The standard InChI is InChI=1S/C27H34N4O5S/c1-5-35-27(32)15-22(12-13-24-16-28-29-30(24)4)21-11-10-19(2)23(14-21)18-31-17-20(3)36-25-8-6-7-9-26(25)37(31,33)34/h6-11,14,16,20,22H,5,12-13,15,17-18H2,1-4H3. The van der Waals surface area contributed by atoms with Gasteiger partial charge in [0.15, 0.2) is 0 Å². The highest BCUT2D eigenvalue weighted by molar-refractivity contribution is 7.89. The molecule has 3 aromatic rings. The zero-order valence-electron chi connectivity index (χ0n) is 21.8. The molecule has 2 aromatic carbocycles. The number of hydrogen-bond donors (Lipinski definition) is 0. The van der Waals surface area contributed by atoms with Gasteiger partial charge in [-0.25, -0.2) is 8.42 Å². The van der Waals surface area contributed by atoms with Crippen molar-refractivity contribution in [1.82, 2.24) is 19.3 Å². The number of sulfonamides is 1.